The molecule has 0 radical (unpaired) electrons. The number of nitrogens with one attached hydrogen (secondary N) is 2. The van der Waals surface area contributed by atoms with Gasteiger partial charge in [-0.05, 0) is 38.5 Å². The number of anilines is 1. The molecule has 172 valence electrons. The molecular formula is C22H24N6O4S. The maximum atomic E-state index is 12.5. The first-order valence-electron chi connectivity index (χ1n) is 10.2. The van der Waals surface area contributed by atoms with Crippen molar-refractivity contribution in [2.24, 2.45) is 0 Å². The van der Waals surface area contributed by atoms with Crippen molar-refractivity contribution in [3.05, 3.63) is 75.1 Å². The lowest BCUT2D eigenvalue weighted by atomic mass is 10.1. The van der Waals surface area contributed by atoms with Crippen molar-refractivity contribution >= 4 is 35.0 Å². The van der Waals surface area contributed by atoms with E-state index in [1.165, 1.54) is 17.8 Å². The fourth-order valence-electron chi connectivity index (χ4n) is 3.17. The molecule has 3 aromatic rings. The number of carbonyl (C=O) groups is 2. The van der Waals surface area contributed by atoms with E-state index in [1.807, 2.05) is 36.6 Å². The maximum absolute atomic E-state index is 12.5. The Morgan fingerprint density at radius 3 is 2.58 bits per heavy atom. The van der Waals surface area contributed by atoms with E-state index in [9.17, 15) is 19.7 Å². The van der Waals surface area contributed by atoms with Crippen LogP contribution in [-0.2, 0) is 17.9 Å². The molecular weight excluding hydrogens is 444 g/mol. The molecule has 0 saturated heterocycles. The fraction of sp³-hybridized carbons (Fsp3) is 0.273. The molecule has 0 bridgehead atoms. The molecule has 0 saturated carbocycles. The summed E-state index contributed by atoms with van der Waals surface area (Å²) in [4.78, 5) is 35.4. The molecule has 0 unspecified atom stereocenters. The molecule has 0 aliphatic carbocycles. The smallest absolute Gasteiger partial charge is 0.274 e. The molecule has 1 aromatic heterocycles. The third-order valence-electron chi connectivity index (χ3n) is 4.93. The second-order valence-electron chi connectivity index (χ2n) is 7.24. The van der Waals surface area contributed by atoms with E-state index in [-0.39, 0.29) is 29.8 Å². The summed E-state index contributed by atoms with van der Waals surface area (Å²) in [5.41, 5.74) is 2.30. The third-order valence-corrected chi connectivity index (χ3v) is 5.90. The van der Waals surface area contributed by atoms with Crippen LogP contribution in [0, 0.1) is 24.0 Å². The lowest BCUT2D eigenvalue weighted by molar-refractivity contribution is -0.385. The molecule has 2 amide bonds. The summed E-state index contributed by atoms with van der Waals surface area (Å²) in [6.07, 6.45) is 0. The Morgan fingerprint density at radius 1 is 1.12 bits per heavy atom. The maximum Gasteiger partial charge on any atom is 0.274 e. The minimum absolute atomic E-state index is 0.0510. The number of hydrogen-bond acceptors (Lipinski definition) is 7. The lowest BCUT2D eigenvalue weighted by Crippen LogP contribution is -2.25. The lowest BCUT2D eigenvalue weighted by Gasteiger charge is -2.10. The summed E-state index contributed by atoms with van der Waals surface area (Å²) in [5.74, 6) is 0.115. The van der Waals surface area contributed by atoms with Crippen molar-refractivity contribution in [1.82, 2.24) is 20.1 Å². The van der Waals surface area contributed by atoms with Crippen LogP contribution >= 0.6 is 11.8 Å². The first-order chi connectivity index (χ1) is 15.8. The normalized spacial score (nSPS) is 10.6. The van der Waals surface area contributed by atoms with Gasteiger partial charge >= 0.3 is 0 Å². The Bertz CT molecular complexity index is 1190. The first kappa shape index (κ1) is 23.9. The number of rotatable bonds is 9. The van der Waals surface area contributed by atoms with E-state index in [0.29, 0.717) is 34.3 Å². The predicted molar refractivity (Wildman–Crippen MR) is 125 cm³/mol. The molecule has 0 atom stereocenters. The van der Waals surface area contributed by atoms with Crippen LogP contribution in [0.2, 0.25) is 0 Å². The van der Waals surface area contributed by atoms with Gasteiger partial charge in [-0.15, -0.1) is 10.2 Å². The van der Waals surface area contributed by atoms with Gasteiger partial charge in [0.15, 0.2) is 11.0 Å². The Hall–Kier alpha value is -3.73. The summed E-state index contributed by atoms with van der Waals surface area (Å²) in [5, 5.41) is 25.4. The van der Waals surface area contributed by atoms with Crippen LogP contribution in [0.3, 0.4) is 0 Å². The molecule has 33 heavy (non-hydrogen) atoms. The van der Waals surface area contributed by atoms with Gasteiger partial charge in [-0.3, -0.25) is 19.7 Å². The number of aryl methyl sites for hydroxylation is 2. The quantitative estimate of drug-likeness (QED) is 0.279. The second-order valence-corrected chi connectivity index (χ2v) is 8.18. The molecule has 2 N–H and O–H groups in total. The van der Waals surface area contributed by atoms with Crippen LogP contribution in [0.25, 0.3) is 0 Å². The number of hydrogen-bond donors (Lipinski definition) is 2. The monoisotopic (exact) mass is 468 g/mol. The number of thioether (sulfide) groups is 1. The van der Waals surface area contributed by atoms with Crippen LogP contribution in [-0.4, -0.2) is 37.3 Å². The highest BCUT2D eigenvalue weighted by molar-refractivity contribution is 7.99. The SMILES string of the molecule is CCn1c(CNC(=O)c2ccccc2C)nnc1SCC(=O)Nc1ccc(C)c([N+](=O)[O-])c1. The summed E-state index contributed by atoms with van der Waals surface area (Å²) >= 11 is 1.20. The van der Waals surface area contributed by atoms with Crippen molar-refractivity contribution in [2.45, 2.75) is 39.0 Å². The van der Waals surface area contributed by atoms with Crippen molar-refractivity contribution < 1.29 is 14.5 Å². The van der Waals surface area contributed by atoms with Crippen LogP contribution in [0.15, 0.2) is 47.6 Å². The van der Waals surface area contributed by atoms with Gasteiger partial charge < -0.3 is 15.2 Å². The van der Waals surface area contributed by atoms with Crippen LogP contribution in [0.1, 0.15) is 34.2 Å². The van der Waals surface area contributed by atoms with Gasteiger partial charge in [0.1, 0.15) is 0 Å². The minimum atomic E-state index is -0.483. The highest BCUT2D eigenvalue weighted by atomic mass is 32.2. The zero-order valence-corrected chi connectivity index (χ0v) is 19.3. The molecule has 11 heteroatoms. The Morgan fingerprint density at radius 2 is 1.88 bits per heavy atom. The van der Waals surface area contributed by atoms with E-state index < -0.39 is 4.92 Å². The Labute approximate surface area is 194 Å². The molecule has 3 rings (SSSR count). The minimum Gasteiger partial charge on any atom is -0.345 e. The number of carbonyl (C=O) groups excluding carboxylic acids is 2. The molecule has 2 aromatic carbocycles. The van der Waals surface area contributed by atoms with Gasteiger partial charge in [0, 0.05) is 29.4 Å². The average Bonchev–Trinajstić information content (AvgIpc) is 3.19. The second kappa shape index (κ2) is 10.7. The van der Waals surface area contributed by atoms with Gasteiger partial charge in [0.05, 0.1) is 17.2 Å². The summed E-state index contributed by atoms with van der Waals surface area (Å²) in [7, 11) is 0. The van der Waals surface area contributed by atoms with E-state index in [1.54, 1.807) is 25.1 Å². The van der Waals surface area contributed by atoms with E-state index in [0.717, 1.165) is 5.56 Å². The molecule has 1 heterocycles. The van der Waals surface area contributed by atoms with Gasteiger partial charge in [-0.1, -0.05) is 36.0 Å². The predicted octanol–water partition coefficient (Wildman–Crippen LogP) is 3.48. The molecule has 0 spiro atoms. The van der Waals surface area contributed by atoms with E-state index in [4.69, 9.17) is 0 Å². The molecule has 0 aliphatic rings. The summed E-state index contributed by atoms with van der Waals surface area (Å²) < 4.78 is 1.83. The third kappa shape index (κ3) is 5.95. The number of nitro groups is 1. The number of nitro benzene ring substituents is 1. The van der Waals surface area contributed by atoms with E-state index >= 15 is 0 Å². The van der Waals surface area contributed by atoms with Crippen LogP contribution in [0.5, 0.6) is 0 Å². The number of aromatic nitrogens is 3. The van der Waals surface area contributed by atoms with Crippen molar-refractivity contribution in [3.63, 3.8) is 0 Å². The standard InChI is InChI=1S/C22H24N6O4S/c1-4-27-19(12-23-21(30)17-8-6-5-7-14(17)2)25-26-22(27)33-13-20(29)24-16-10-9-15(3)18(11-16)28(31)32/h5-11H,4,12-13H2,1-3H3,(H,23,30)(H,24,29). The largest absolute Gasteiger partial charge is 0.345 e. The Balaban J connectivity index is 1.59. The van der Waals surface area contributed by atoms with Gasteiger partial charge in [0.25, 0.3) is 11.6 Å². The number of benzene rings is 2. The van der Waals surface area contributed by atoms with Crippen LogP contribution in [0.4, 0.5) is 11.4 Å². The fourth-order valence-corrected chi connectivity index (χ4v) is 3.99. The highest BCUT2D eigenvalue weighted by Gasteiger charge is 2.16. The van der Waals surface area contributed by atoms with Crippen LogP contribution < -0.4 is 10.6 Å². The molecule has 10 nitrogen and oxygen atoms in total. The zero-order chi connectivity index (χ0) is 24.0. The van der Waals surface area contributed by atoms with E-state index in [2.05, 4.69) is 20.8 Å². The number of nitrogens with zero attached hydrogens (tertiary/aromatic N) is 4. The number of amides is 2. The van der Waals surface area contributed by atoms with Gasteiger partial charge in [-0.25, -0.2) is 0 Å². The molecule has 0 fully saturated rings. The van der Waals surface area contributed by atoms with Crippen molar-refractivity contribution in [1.29, 1.82) is 0 Å². The van der Waals surface area contributed by atoms with Gasteiger partial charge in [-0.2, -0.15) is 0 Å². The molecule has 0 aliphatic heterocycles. The van der Waals surface area contributed by atoms with Gasteiger partial charge in [0.2, 0.25) is 5.91 Å². The topological polar surface area (TPSA) is 132 Å². The highest BCUT2D eigenvalue weighted by Crippen LogP contribution is 2.23. The van der Waals surface area contributed by atoms with Crippen molar-refractivity contribution in [3.8, 4) is 0 Å². The summed E-state index contributed by atoms with van der Waals surface area (Å²) in [6.45, 7) is 6.20. The average molecular weight is 469 g/mol. The first-order valence-corrected chi connectivity index (χ1v) is 11.2. The van der Waals surface area contributed by atoms with Crippen molar-refractivity contribution in [2.75, 3.05) is 11.1 Å². The summed E-state index contributed by atoms with van der Waals surface area (Å²) in [6, 6.07) is 11.9. The zero-order valence-electron chi connectivity index (χ0n) is 18.5. The Kier molecular flexibility index (Phi) is 7.78.